The van der Waals surface area contributed by atoms with Crippen molar-refractivity contribution in [3.63, 3.8) is 0 Å². The monoisotopic (exact) mass is 235 g/mol. The predicted octanol–water partition coefficient (Wildman–Crippen LogP) is 0.800. The lowest BCUT2D eigenvalue weighted by Crippen LogP contribution is -2.24. The maximum atomic E-state index is 12.6. The molecule has 4 N–H and O–H groups in total. The number of halogens is 3. The molecule has 1 rings (SSSR count). The fraction of sp³-hybridized carbons (Fsp3) is 0. The number of carbonyl (C=O) groups excluding carboxylic acids is 1. The van der Waals surface area contributed by atoms with Crippen molar-refractivity contribution < 1.29 is 13.6 Å². The minimum Gasteiger partial charge on any atom is -0.370 e. The van der Waals surface area contributed by atoms with Crippen LogP contribution in [0.3, 0.4) is 0 Å². The SMILES string of the molecule is Cl.NC(N)=NC(=O)c1cc(F)cc(F)c1. The van der Waals surface area contributed by atoms with E-state index in [4.69, 9.17) is 11.5 Å². The maximum Gasteiger partial charge on any atom is 0.280 e. The molecule has 0 saturated heterocycles. The number of aliphatic imine (C=N–C) groups is 1. The van der Waals surface area contributed by atoms with E-state index in [0.29, 0.717) is 6.07 Å². The highest BCUT2D eigenvalue weighted by atomic mass is 35.5. The number of rotatable bonds is 1. The first-order chi connectivity index (χ1) is 6.49. The smallest absolute Gasteiger partial charge is 0.280 e. The van der Waals surface area contributed by atoms with Crippen molar-refractivity contribution in [3.8, 4) is 0 Å². The second-order valence-corrected chi connectivity index (χ2v) is 2.50. The van der Waals surface area contributed by atoms with Crippen molar-refractivity contribution in [2.45, 2.75) is 0 Å². The van der Waals surface area contributed by atoms with Gasteiger partial charge in [-0.05, 0) is 12.1 Å². The van der Waals surface area contributed by atoms with Gasteiger partial charge in [0.15, 0.2) is 5.96 Å². The third-order valence-electron chi connectivity index (χ3n) is 1.34. The quantitative estimate of drug-likeness (QED) is 0.558. The molecule has 0 aliphatic rings. The van der Waals surface area contributed by atoms with E-state index in [9.17, 15) is 13.6 Å². The molecule has 1 aromatic carbocycles. The van der Waals surface area contributed by atoms with Crippen LogP contribution >= 0.6 is 12.4 Å². The Morgan fingerprint density at radius 2 is 1.60 bits per heavy atom. The molecular formula is C8H8ClF2N3O. The summed E-state index contributed by atoms with van der Waals surface area (Å²) in [4.78, 5) is 14.2. The Morgan fingerprint density at radius 3 is 2.00 bits per heavy atom. The van der Waals surface area contributed by atoms with Crippen molar-refractivity contribution in [1.82, 2.24) is 0 Å². The molecule has 0 aliphatic heterocycles. The second-order valence-electron chi connectivity index (χ2n) is 2.50. The largest absolute Gasteiger partial charge is 0.370 e. The van der Waals surface area contributed by atoms with Gasteiger partial charge in [-0.3, -0.25) is 4.79 Å². The van der Waals surface area contributed by atoms with Crippen LogP contribution in [0.1, 0.15) is 10.4 Å². The van der Waals surface area contributed by atoms with E-state index in [0.717, 1.165) is 12.1 Å². The van der Waals surface area contributed by atoms with Gasteiger partial charge in [0, 0.05) is 11.6 Å². The second kappa shape index (κ2) is 5.26. The summed E-state index contributed by atoms with van der Waals surface area (Å²) in [7, 11) is 0. The lowest BCUT2D eigenvalue weighted by molar-refractivity contribution is 0.100. The minimum absolute atomic E-state index is 0. The van der Waals surface area contributed by atoms with Crippen molar-refractivity contribution >= 4 is 24.3 Å². The van der Waals surface area contributed by atoms with Crippen LogP contribution in [-0.4, -0.2) is 11.9 Å². The first-order valence-corrected chi connectivity index (χ1v) is 3.59. The highest BCUT2D eigenvalue weighted by Crippen LogP contribution is 2.08. The molecule has 0 saturated carbocycles. The van der Waals surface area contributed by atoms with Crippen LogP contribution in [0.15, 0.2) is 23.2 Å². The zero-order valence-corrected chi connectivity index (χ0v) is 8.22. The van der Waals surface area contributed by atoms with Crippen LogP contribution in [-0.2, 0) is 0 Å². The van der Waals surface area contributed by atoms with Crippen LogP contribution in [0.4, 0.5) is 8.78 Å². The van der Waals surface area contributed by atoms with E-state index < -0.39 is 23.5 Å². The molecular weight excluding hydrogens is 228 g/mol. The molecule has 0 atom stereocenters. The van der Waals surface area contributed by atoms with Gasteiger partial charge in [-0.1, -0.05) is 0 Å². The summed E-state index contributed by atoms with van der Waals surface area (Å²) in [5.74, 6) is -3.07. The topological polar surface area (TPSA) is 81.5 Å². The Balaban J connectivity index is 0.00000196. The summed E-state index contributed by atoms with van der Waals surface area (Å²) < 4.78 is 25.2. The Labute approximate surface area is 90.4 Å². The molecule has 1 aromatic rings. The van der Waals surface area contributed by atoms with Crippen molar-refractivity contribution in [2.24, 2.45) is 16.5 Å². The van der Waals surface area contributed by atoms with E-state index >= 15 is 0 Å². The van der Waals surface area contributed by atoms with E-state index in [2.05, 4.69) is 4.99 Å². The fourth-order valence-corrected chi connectivity index (χ4v) is 0.859. The summed E-state index contributed by atoms with van der Waals surface area (Å²) in [5.41, 5.74) is 9.61. The van der Waals surface area contributed by atoms with Crippen LogP contribution < -0.4 is 11.5 Å². The van der Waals surface area contributed by atoms with Crippen LogP contribution in [0.25, 0.3) is 0 Å². The highest BCUT2D eigenvalue weighted by molar-refractivity contribution is 6.01. The molecule has 0 radical (unpaired) electrons. The van der Waals surface area contributed by atoms with E-state index in [1.165, 1.54) is 0 Å². The molecule has 0 spiro atoms. The average Bonchev–Trinajstić information content (AvgIpc) is 2.00. The van der Waals surface area contributed by atoms with E-state index in [1.54, 1.807) is 0 Å². The predicted molar refractivity (Wildman–Crippen MR) is 53.7 cm³/mol. The molecule has 1 amide bonds. The molecule has 0 bridgehead atoms. The zero-order valence-electron chi connectivity index (χ0n) is 7.41. The van der Waals surface area contributed by atoms with Gasteiger partial charge in [-0.15, -0.1) is 12.4 Å². The van der Waals surface area contributed by atoms with Gasteiger partial charge in [-0.25, -0.2) is 8.78 Å². The molecule has 4 nitrogen and oxygen atoms in total. The lowest BCUT2D eigenvalue weighted by Gasteiger charge is -1.97. The zero-order chi connectivity index (χ0) is 10.7. The van der Waals surface area contributed by atoms with Crippen molar-refractivity contribution in [1.29, 1.82) is 0 Å². The Bertz CT molecular complexity index is 385. The number of nitrogens with two attached hydrogens (primary N) is 2. The number of amides is 1. The van der Waals surface area contributed by atoms with Crippen LogP contribution in [0, 0.1) is 11.6 Å². The van der Waals surface area contributed by atoms with Gasteiger partial charge in [-0.2, -0.15) is 4.99 Å². The number of hydrogen-bond donors (Lipinski definition) is 2. The summed E-state index contributed by atoms with van der Waals surface area (Å²) >= 11 is 0. The summed E-state index contributed by atoms with van der Waals surface area (Å²) in [6, 6.07) is 2.34. The normalized spacial score (nSPS) is 8.93. The summed E-state index contributed by atoms with van der Waals surface area (Å²) in [6.45, 7) is 0. The maximum absolute atomic E-state index is 12.6. The van der Waals surface area contributed by atoms with Gasteiger partial charge in [0.1, 0.15) is 11.6 Å². The molecule has 82 valence electrons. The summed E-state index contributed by atoms with van der Waals surface area (Å²) in [5, 5.41) is 0. The molecule has 15 heavy (non-hydrogen) atoms. The number of benzene rings is 1. The third-order valence-corrected chi connectivity index (χ3v) is 1.34. The Morgan fingerprint density at radius 1 is 1.13 bits per heavy atom. The van der Waals surface area contributed by atoms with Crippen molar-refractivity contribution in [2.75, 3.05) is 0 Å². The van der Waals surface area contributed by atoms with E-state index in [1.807, 2.05) is 0 Å². The third kappa shape index (κ3) is 3.90. The number of nitrogens with zero attached hydrogens (tertiary/aromatic N) is 1. The van der Waals surface area contributed by atoms with Gasteiger partial charge in [0.05, 0.1) is 0 Å². The van der Waals surface area contributed by atoms with Crippen LogP contribution in [0.2, 0.25) is 0 Å². The minimum atomic E-state index is -0.886. The van der Waals surface area contributed by atoms with E-state index in [-0.39, 0.29) is 18.0 Å². The fourth-order valence-electron chi connectivity index (χ4n) is 0.859. The lowest BCUT2D eigenvalue weighted by atomic mass is 10.2. The standard InChI is InChI=1S/C8H7F2N3O.ClH/c9-5-1-4(2-6(10)3-5)7(14)13-8(11)12;/h1-3H,(H4,11,12,13,14);1H. The molecule has 0 aliphatic carbocycles. The molecule has 0 fully saturated rings. The first-order valence-electron chi connectivity index (χ1n) is 3.59. The Hall–Kier alpha value is -1.69. The number of hydrogen-bond acceptors (Lipinski definition) is 1. The highest BCUT2D eigenvalue weighted by Gasteiger charge is 2.07. The first kappa shape index (κ1) is 13.3. The Kier molecular flexibility index (Phi) is 4.66. The molecule has 0 aromatic heterocycles. The molecule has 0 heterocycles. The molecule has 0 unspecified atom stereocenters. The average molecular weight is 236 g/mol. The van der Waals surface area contributed by atoms with Gasteiger partial charge >= 0.3 is 0 Å². The summed E-state index contributed by atoms with van der Waals surface area (Å²) in [6.07, 6.45) is 0. The number of guanidine groups is 1. The van der Waals surface area contributed by atoms with Gasteiger partial charge in [0.2, 0.25) is 0 Å². The van der Waals surface area contributed by atoms with Crippen molar-refractivity contribution in [3.05, 3.63) is 35.4 Å². The van der Waals surface area contributed by atoms with Gasteiger partial charge < -0.3 is 11.5 Å². The van der Waals surface area contributed by atoms with Crippen LogP contribution in [0.5, 0.6) is 0 Å². The van der Waals surface area contributed by atoms with Gasteiger partial charge in [0.25, 0.3) is 5.91 Å². The molecule has 7 heteroatoms. The number of carbonyl (C=O) groups is 1.